The number of hydrogen-bond donors (Lipinski definition) is 2. The summed E-state index contributed by atoms with van der Waals surface area (Å²) in [5, 5.41) is 9.77. The number of fused-ring (bicyclic) bond motifs is 1. The third kappa shape index (κ3) is 4.74. The van der Waals surface area contributed by atoms with Gasteiger partial charge >= 0.3 is 0 Å². The van der Waals surface area contributed by atoms with E-state index in [1.54, 1.807) is 35.9 Å². The fourth-order valence-corrected chi connectivity index (χ4v) is 5.04. The minimum absolute atomic E-state index is 0.101. The van der Waals surface area contributed by atoms with E-state index >= 15 is 0 Å². The first kappa shape index (κ1) is 20.0. The Balaban J connectivity index is 1.78. The number of benzene rings is 2. The fourth-order valence-electron chi connectivity index (χ4n) is 3.26. The van der Waals surface area contributed by atoms with Crippen LogP contribution >= 0.6 is 0 Å². The largest absolute Gasteiger partial charge is 0.289 e. The zero-order chi connectivity index (χ0) is 20.0. The molecule has 1 unspecified atom stereocenters. The highest BCUT2D eigenvalue weighted by Crippen LogP contribution is 2.24. The first-order valence-corrected chi connectivity index (χ1v) is 10.7. The molecule has 0 aliphatic heterocycles. The van der Waals surface area contributed by atoms with Gasteiger partial charge in [0.1, 0.15) is 0 Å². The molecule has 1 atom stereocenters. The molecule has 28 heavy (non-hydrogen) atoms. The van der Waals surface area contributed by atoms with E-state index in [0.717, 1.165) is 17.4 Å². The van der Waals surface area contributed by atoms with Gasteiger partial charge < -0.3 is 0 Å². The van der Waals surface area contributed by atoms with Crippen LogP contribution in [0.1, 0.15) is 18.4 Å². The lowest BCUT2D eigenvalue weighted by molar-refractivity contribution is -0.132. The molecule has 3 rings (SSSR count). The summed E-state index contributed by atoms with van der Waals surface area (Å²) in [6, 6.07) is 18.3. The molecule has 1 amide bonds. The average Bonchev–Trinajstić information content (AvgIpc) is 2.72. The van der Waals surface area contributed by atoms with E-state index in [2.05, 4.69) is 4.98 Å². The molecule has 146 valence electrons. The van der Waals surface area contributed by atoms with Gasteiger partial charge in [-0.3, -0.25) is 15.0 Å². The van der Waals surface area contributed by atoms with E-state index in [4.69, 9.17) is 5.21 Å². The number of rotatable bonds is 8. The van der Waals surface area contributed by atoms with E-state index in [9.17, 15) is 13.2 Å². The van der Waals surface area contributed by atoms with Crippen molar-refractivity contribution in [3.63, 3.8) is 0 Å². The van der Waals surface area contributed by atoms with Crippen molar-refractivity contribution >= 4 is 26.6 Å². The summed E-state index contributed by atoms with van der Waals surface area (Å²) in [5.41, 5.74) is 3.11. The summed E-state index contributed by atoms with van der Waals surface area (Å²) in [4.78, 5) is 16.4. The molecule has 0 spiro atoms. The molecule has 2 N–H and O–H groups in total. The van der Waals surface area contributed by atoms with Crippen LogP contribution in [0.25, 0.3) is 10.9 Å². The molecule has 6 nitrogen and oxygen atoms in total. The Bertz CT molecular complexity index is 1050. The van der Waals surface area contributed by atoms with Gasteiger partial charge in [-0.1, -0.05) is 48.5 Å². The van der Waals surface area contributed by atoms with Crippen LogP contribution in [-0.4, -0.2) is 30.3 Å². The van der Waals surface area contributed by atoms with Crippen molar-refractivity contribution in [2.75, 3.05) is 5.75 Å². The van der Waals surface area contributed by atoms with Crippen LogP contribution in [-0.2, 0) is 21.1 Å². The van der Waals surface area contributed by atoms with Crippen LogP contribution in [0, 0.1) is 5.92 Å². The lowest BCUT2D eigenvalue weighted by Crippen LogP contribution is -2.33. The summed E-state index contributed by atoms with van der Waals surface area (Å²) >= 11 is 0. The first-order chi connectivity index (χ1) is 13.5. The summed E-state index contributed by atoms with van der Waals surface area (Å²) in [6.07, 6.45) is 3.25. The molecule has 0 saturated heterocycles. The Labute approximate surface area is 164 Å². The summed E-state index contributed by atoms with van der Waals surface area (Å²) in [7, 11) is -3.77. The molecular formula is C21H22N2O4S. The van der Waals surface area contributed by atoms with Gasteiger partial charge in [-0.25, -0.2) is 13.9 Å². The predicted molar refractivity (Wildman–Crippen MR) is 107 cm³/mol. The maximum Gasteiger partial charge on any atom is 0.247 e. The van der Waals surface area contributed by atoms with Gasteiger partial charge in [0.2, 0.25) is 5.91 Å². The van der Waals surface area contributed by atoms with Crippen molar-refractivity contribution in [3.05, 3.63) is 72.4 Å². The fraction of sp³-hybridized carbons (Fsp3) is 0.238. The molecule has 3 aromatic rings. The summed E-state index contributed by atoms with van der Waals surface area (Å²) in [6.45, 7) is 0. The van der Waals surface area contributed by atoms with Crippen molar-refractivity contribution in [2.45, 2.75) is 24.2 Å². The third-order valence-corrected chi connectivity index (χ3v) is 6.53. The highest BCUT2D eigenvalue weighted by Gasteiger charge is 2.28. The van der Waals surface area contributed by atoms with E-state index in [-0.39, 0.29) is 10.6 Å². The normalized spacial score (nSPS) is 12.6. The molecule has 2 aromatic carbocycles. The maximum absolute atomic E-state index is 13.0. The average molecular weight is 398 g/mol. The molecule has 0 bridgehead atoms. The van der Waals surface area contributed by atoms with E-state index in [0.29, 0.717) is 18.4 Å². The third-order valence-electron chi connectivity index (χ3n) is 4.69. The molecule has 0 saturated carbocycles. The zero-order valence-electron chi connectivity index (χ0n) is 15.3. The van der Waals surface area contributed by atoms with Crippen molar-refractivity contribution in [3.8, 4) is 0 Å². The second-order valence-corrected chi connectivity index (χ2v) is 8.67. The predicted octanol–water partition coefficient (Wildman–Crippen LogP) is 3.15. The minimum atomic E-state index is -3.77. The quantitative estimate of drug-likeness (QED) is 0.449. The number of carbonyl (C=O) groups excluding carboxylic acids is 1. The molecule has 1 aromatic heterocycles. The number of pyridine rings is 1. The molecule has 0 aliphatic carbocycles. The van der Waals surface area contributed by atoms with Gasteiger partial charge in [0.05, 0.1) is 22.1 Å². The van der Waals surface area contributed by atoms with E-state index < -0.39 is 21.7 Å². The van der Waals surface area contributed by atoms with E-state index in [1.165, 1.54) is 6.07 Å². The van der Waals surface area contributed by atoms with Crippen LogP contribution < -0.4 is 5.48 Å². The van der Waals surface area contributed by atoms with Crippen molar-refractivity contribution in [1.82, 2.24) is 10.5 Å². The van der Waals surface area contributed by atoms with Crippen molar-refractivity contribution in [2.24, 2.45) is 5.92 Å². The van der Waals surface area contributed by atoms with Gasteiger partial charge in [-0.05, 0) is 37.0 Å². The highest BCUT2D eigenvalue weighted by atomic mass is 32.2. The second kappa shape index (κ2) is 8.95. The standard InChI is InChI=1S/C21H22N2O4S/c24-21(23-25)18(11-4-9-16-7-2-1-3-8-16)15-28(26,27)19-13-5-10-17-12-6-14-22-20(17)19/h1-3,5-8,10,12-14,18,25H,4,9,11,15H2,(H,23,24). The van der Waals surface area contributed by atoms with Gasteiger partial charge in [0.15, 0.2) is 9.84 Å². The highest BCUT2D eigenvalue weighted by molar-refractivity contribution is 7.91. The van der Waals surface area contributed by atoms with Crippen LogP contribution in [0.3, 0.4) is 0 Å². The van der Waals surface area contributed by atoms with Crippen LogP contribution in [0.5, 0.6) is 0 Å². The Hall–Kier alpha value is -2.77. The Kier molecular flexibility index (Phi) is 6.38. The SMILES string of the molecule is O=C(NO)C(CCCc1ccccc1)CS(=O)(=O)c1cccc2cccnc12. The Morgan fingerprint density at radius 3 is 2.54 bits per heavy atom. The van der Waals surface area contributed by atoms with Gasteiger partial charge in [-0.2, -0.15) is 0 Å². The molecule has 0 radical (unpaired) electrons. The van der Waals surface area contributed by atoms with Gasteiger partial charge in [-0.15, -0.1) is 0 Å². The van der Waals surface area contributed by atoms with Gasteiger partial charge in [0.25, 0.3) is 0 Å². The Morgan fingerprint density at radius 1 is 1.04 bits per heavy atom. The number of sulfone groups is 1. The number of carbonyl (C=O) groups is 1. The monoisotopic (exact) mass is 398 g/mol. The lowest BCUT2D eigenvalue weighted by Gasteiger charge is -2.16. The van der Waals surface area contributed by atoms with E-state index in [1.807, 2.05) is 30.3 Å². The van der Waals surface area contributed by atoms with Crippen molar-refractivity contribution < 1.29 is 18.4 Å². The smallest absolute Gasteiger partial charge is 0.247 e. The first-order valence-electron chi connectivity index (χ1n) is 9.05. The van der Waals surface area contributed by atoms with Crippen molar-refractivity contribution in [1.29, 1.82) is 0 Å². The topological polar surface area (TPSA) is 96.4 Å². The zero-order valence-corrected chi connectivity index (χ0v) is 16.1. The molecule has 0 aliphatic rings. The molecule has 7 heteroatoms. The molecular weight excluding hydrogens is 376 g/mol. The molecule has 1 heterocycles. The van der Waals surface area contributed by atoms with Crippen LogP contribution in [0.2, 0.25) is 0 Å². The van der Waals surface area contributed by atoms with Crippen LogP contribution in [0.4, 0.5) is 0 Å². The number of hydrogen-bond acceptors (Lipinski definition) is 5. The van der Waals surface area contributed by atoms with Gasteiger partial charge in [0, 0.05) is 11.6 Å². The minimum Gasteiger partial charge on any atom is -0.289 e. The lowest BCUT2D eigenvalue weighted by atomic mass is 10.0. The summed E-state index contributed by atoms with van der Waals surface area (Å²) in [5.74, 6) is -1.92. The number of hydroxylamine groups is 1. The number of nitrogens with zero attached hydrogens (tertiary/aromatic N) is 1. The number of aryl methyl sites for hydroxylation is 1. The van der Waals surface area contributed by atoms with Crippen LogP contribution in [0.15, 0.2) is 71.8 Å². The summed E-state index contributed by atoms with van der Waals surface area (Å²) < 4.78 is 26.0. The maximum atomic E-state index is 13.0. The second-order valence-electron chi connectivity index (χ2n) is 6.66. The number of para-hydroxylation sites is 1. The Morgan fingerprint density at radius 2 is 1.79 bits per heavy atom. The number of nitrogens with one attached hydrogen (secondary N) is 1. The number of amides is 1. The number of aromatic nitrogens is 1. The molecule has 0 fully saturated rings.